The number of sulfonamides is 2. The molecule has 4 saturated heterocycles. The molecule has 0 unspecified atom stereocenters. The van der Waals surface area contributed by atoms with Crippen molar-refractivity contribution in [2.75, 3.05) is 107 Å². The molecule has 10 rings (SSSR count). The molecule has 10 atom stereocenters. The molecule has 6 heterocycles. The Kier molecular flexibility index (Phi) is 37.5. The number of aliphatic hydroxyl groups is 2. The molecule has 0 aliphatic carbocycles. The number of hydrogen-bond donors (Lipinski definition) is 5. The molecule has 6 N–H and O–H groups in total. The van der Waals surface area contributed by atoms with Crippen LogP contribution in [0.15, 0.2) is 94.7 Å². The van der Waals surface area contributed by atoms with Crippen LogP contribution >= 0.6 is 0 Å². The maximum Gasteiger partial charge on any atom is 1.00 e. The predicted octanol–water partition coefficient (Wildman–Crippen LogP) is 0.801. The van der Waals surface area contributed by atoms with Gasteiger partial charge in [0.2, 0.25) is 39.6 Å². The van der Waals surface area contributed by atoms with E-state index in [2.05, 4.69) is 33.1 Å². The number of fused-ring (bicyclic) bond motifs is 4. The molecule has 2 amide bonds. The number of nitrogens with one attached hydrogen (secondary N) is 2. The molecular weight excluding hydrogens is 1440 g/mol. The van der Waals surface area contributed by atoms with E-state index in [4.69, 9.17) is 67.4 Å². The van der Waals surface area contributed by atoms with Gasteiger partial charge in [0.15, 0.2) is 35.6 Å². The number of nitrogens with two attached hydrogens (primary N) is 1. The maximum atomic E-state index is 13.9. The van der Waals surface area contributed by atoms with Crippen molar-refractivity contribution in [3.05, 3.63) is 96.1 Å². The van der Waals surface area contributed by atoms with Crippen LogP contribution in [0.25, 0.3) is 0 Å². The number of hydrogen-bond acceptors (Lipinski definition) is 29. The minimum absolute atomic E-state index is 0. The Morgan fingerprint density at radius 2 is 0.953 bits per heavy atom. The number of carbonyl (C=O) groups is 6. The maximum absolute atomic E-state index is 13.9. The molecule has 4 fully saturated rings. The normalized spacial score (nSPS) is 19.6. The van der Waals surface area contributed by atoms with Gasteiger partial charge in [0, 0.05) is 72.2 Å². The van der Waals surface area contributed by atoms with Gasteiger partial charge in [-0.05, 0) is 111 Å². The summed E-state index contributed by atoms with van der Waals surface area (Å²) in [5, 5.41) is 28.8. The fourth-order valence-electron chi connectivity index (χ4n) is 11.3. The van der Waals surface area contributed by atoms with Crippen molar-refractivity contribution >= 4 is 65.0 Å². The predicted molar refractivity (Wildman–Crippen MR) is 373 cm³/mol. The second kappa shape index (κ2) is 44.4. The monoisotopic (exact) mass is 1540 g/mol. The molecule has 33 nitrogen and oxygen atoms in total. The van der Waals surface area contributed by atoms with Crippen LogP contribution < -0.4 is 74.3 Å². The van der Waals surface area contributed by atoms with E-state index in [-0.39, 0.29) is 141 Å². The van der Waals surface area contributed by atoms with Gasteiger partial charge in [0.05, 0.1) is 72.3 Å². The van der Waals surface area contributed by atoms with Crippen LogP contribution in [0.4, 0.5) is 9.59 Å². The molecule has 0 bridgehead atoms. The first kappa shape index (κ1) is 89.5. The van der Waals surface area contributed by atoms with Crippen LogP contribution in [0.1, 0.15) is 72.4 Å². The van der Waals surface area contributed by atoms with Gasteiger partial charge in [0.1, 0.15) is 43.7 Å². The van der Waals surface area contributed by atoms with E-state index in [0.29, 0.717) is 67.5 Å². The Labute approximate surface area is 641 Å². The first-order valence-corrected chi connectivity index (χ1v) is 36.8. The van der Waals surface area contributed by atoms with E-state index < -0.39 is 86.6 Å². The minimum atomic E-state index is -4.05. The first-order chi connectivity index (χ1) is 50.0. The fourth-order valence-corrected chi connectivity index (χ4v) is 14.6. The molecule has 37 heteroatoms. The molecule has 3 radical (unpaired) electrons. The average Bonchev–Trinajstić information content (AvgIpc) is 1.20. The average molecular weight is 1540 g/mol. The second-order valence-corrected chi connectivity index (χ2v) is 29.7. The molecule has 4 aromatic carbocycles. The van der Waals surface area contributed by atoms with Crippen LogP contribution in [0, 0.1) is 23.7 Å². The largest absolute Gasteiger partial charge is 1.00 e. The molecule has 6 aliphatic rings. The number of ether oxygens (including phenoxy) is 12. The van der Waals surface area contributed by atoms with Gasteiger partial charge in [-0.1, -0.05) is 52.0 Å². The SMILES string of the molecule is C=O.CC(=O)OOC(C)=O.CC(C)CN(C[C@@H](O)[C@H](Cc1ccc(OCCN(C)C)cc1)NC(=O)O[C@H]1CO[C@H]2OCC[C@H]21)S(=O)(=O)c1ccc2c(c1)OCO2.CC(C)CN(C[C@@H](O)[C@H](Cc1ccc(OCCN)cc1)NC(=O)O[C@H]1CO[C@H]2OCC[C@H]21)S(=O)(=O)c1ccc2c(c1)OCO2.[B-]OC(C)=O.[Na+]. The Morgan fingerprint density at radius 1 is 0.575 bits per heavy atom. The van der Waals surface area contributed by atoms with Crippen molar-refractivity contribution in [3.8, 4) is 34.5 Å². The van der Waals surface area contributed by atoms with Crippen molar-refractivity contribution in [2.24, 2.45) is 29.4 Å². The third-order valence-corrected chi connectivity index (χ3v) is 20.0. The summed E-state index contributed by atoms with van der Waals surface area (Å²) in [6, 6.07) is 21.7. The topological polar surface area (TPSA) is 409 Å². The summed E-state index contributed by atoms with van der Waals surface area (Å²) in [4.78, 5) is 73.2. The number of likely N-dealkylation sites (N-methyl/N-ethyl adjacent to an activating group) is 1. The molecular formula is C69H97BN6NaO27S2. The smallest absolute Gasteiger partial charge is 0.793 e. The summed E-state index contributed by atoms with van der Waals surface area (Å²) < 4.78 is 128. The number of alkyl carbamates (subject to hydrolysis) is 2. The van der Waals surface area contributed by atoms with Crippen LogP contribution in [-0.2, 0) is 94.9 Å². The number of aliphatic hydroxyl groups excluding tert-OH is 2. The van der Waals surface area contributed by atoms with E-state index in [0.717, 1.165) is 44.4 Å². The van der Waals surface area contributed by atoms with E-state index in [1.54, 1.807) is 24.3 Å². The van der Waals surface area contributed by atoms with Crippen molar-refractivity contribution in [1.29, 1.82) is 0 Å². The molecule has 0 aromatic heterocycles. The molecule has 106 heavy (non-hydrogen) atoms. The Balaban J connectivity index is 0.000000317. The molecule has 0 spiro atoms. The first-order valence-electron chi connectivity index (χ1n) is 33.9. The Hall–Kier alpha value is -7.14. The molecule has 6 aliphatic heterocycles. The van der Waals surface area contributed by atoms with Crippen LogP contribution in [0.2, 0.25) is 0 Å². The Morgan fingerprint density at radius 3 is 1.30 bits per heavy atom. The second-order valence-electron chi connectivity index (χ2n) is 25.8. The zero-order chi connectivity index (χ0) is 77.0. The van der Waals surface area contributed by atoms with Gasteiger partial charge in [-0.15, -0.1) is 0 Å². The number of benzene rings is 4. The van der Waals surface area contributed by atoms with Gasteiger partial charge >= 0.3 is 53.7 Å². The van der Waals surface area contributed by atoms with Crippen LogP contribution in [-0.4, -0.2) is 241 Å². The van der Waals surface area contributed by atoms with Crippen molar-refractivity contribution in [2.45, 2.75) is 133 Å². The Bertz CT molecular complexity index is 3630. The van der Waals surface area contributed by atoms with Crippen LogP contribution in [0.3, 0.4) is 0 Å². The zero-order valence-corrected chi connectivity index (χ0v) is 65.0. The van der Waals surface area contributed by atoms with Gasteiger partial charge in [-0.2, -0.15) is 8.61 Å². The number of rotatable bonds is 29. The summed E-state index contributed by atoms with van der Waals surface area (Å²) in [6.45, 7) is 16.4. The van der Waals surface area contributed by atoms with E-state index in [1.165, 1.54) is 39.8 Å². The van der Waals surface area contributed by atoms with E-state index in [1.807, 2.05) is 89.9 Å². The summed E-state index contributed by atoms with van der Waals surface area (Å²) in [5.41, 5.74) is 7.12. The summed E-state index contributed by atoms with van der Waals surface area (Å²) in [6.07, 6.45) is -3.91. The third kappa shape index (κ3) is 28.1. The molecule has 0 saturated carbocycles. The van der Waals surface area contributed by atoms with Crippen molar-refractivity contribution < 1.29 is 157 Å². The summed E-state index contributed by atoms with van der Waals surface area (Å²) >= 11 is 0. The van der Waals surface area contributed by atoms with Gasteiger partial charge in [-0.25, -0.2) is 45.8 Å². The minimum Gasteiger partial charge on any atom is -0.793 e. The fraction of sp³-hybridized carbons (Fsp3) is 0.565. The quantitative estimate of drug-likeness (QED) is 0.0285. The molecule has 581 valence electrons. The number of nitrogens with zero attached hydrogens (tertiary/aromatic N) is 3. The van der Waals surface area contributed by atoms with Gasteiger partial charge < -0.3 is 106 Å². The standard InChI is InChI=1S/C32H45N3O10S.C30H41N3O10S.C4H6O4.C2H3BO2.CH2O.Na/c1-21(2)17-35(46(38,39)24-9-10-28-29(16-24)44-20-43-28)18-27(36)26(15-22-5-7-23(8-6-22)40-14-12-34(3)4)33-32(37)45-30-19-42-31-25(30)11-13-41-31;1-19(2)15-33(44(36,37)22-7-8-26-27(14-22)42-18-41-26)16-25(34)24(13-20-3-5-21(6-4-20)38-12-10-31)32-30(35)43-28-17-40-29-23(28)9-11-39-29;1-3(5)7-8-4(2)6;1-2(4)5-3;1-2;/h5-10,16,21,25-27,30-31,36H,11-15,17-20H2,1-4H3,(H,33,37);3-8,14,19,23-25,28-29,34H,9-13,15-18,31H2,1-2H3,(H,32,35);1-2H3;1H3;1H2;/q;;;-1;;+1/t25-,26-,27+,30-,31+;23-,24-,25+,28-,29+;;;;/m00..../s1. The van der Waals surface area contributed by atoms with Crippen molar-refractivity contribution in [1.82, 2.24) is 24.1 Å². The van der Waals surface area contributed by atoms with Gasteiger partial charge in [0.25, 0.3) is 0 Å². The van der Waals surface area contributed by atoms with Crippen molar-refractivity contribution in [3.63, 3.8) is 0 Å². The zero-order valence-electron chi connectivity index (χ0n) is 61.4. The summed E-state index contributed by atoms with van der Waals surface area (Å²) in [5.74, 6) is 0.990. The number of carbonyl (C=O) groups excluding carboxylic acids is 6. The van der Waals surface area contributed by atoms with E-state index >= 15 is 0 Å². The molecule has 4 aromatic rings. The van der Waals surface area contributed by atoms with Crippen LogP contribution in [0.5, 0.6) is 34.5 Å². The van der Waals surface area contributed by atoms with E-state index in [9.17, 15) is 51.0 Å². The third-order valence-electron chi connectivity index (χ3n) is 16.3. The summed E-state index contributed by atoms with van der Waals surface area (Å²) in [7, 11) is 0.155. The van der Waals surface area contributed by atoms with Gasteiger partial charge in [-0.3, -0.25) is 4.79 Å². The number of amides is 2.